The molecule has 0 spiro atoms. The molecule has 0 amide bonds. The van der Waals surface area contributed by atoms with Gasteiger partial charge in [0, 0.05) is 14.8 Å². The molecule has 0 unspecified atom stereocenters. The summed E-state index contributed by atoms with van der Waals surface area (Å²) in [6.07, 6.45) is -0.612. The van der Waals surface area contributed by atoms with Gasteiger partial charge < -0.3 is 10.8 Å². The van der Waals surface area contributed by atoms with E-state index in [1.807, 2.05) is 69.3 Å². The summed E-state index contributed by atoms with van der Waals surface area (Å²) in [7, 11) is 0. The Hall–Kier alpha value is -0.710. The summed E-state index contributed by atoms with van der Waals surface area (Å²) in [5.41, 5.74) is 7.02. The quantitative estimate of drug-likeness (QED) is 0.764. The summed E-state index contributed by atoms with van der Waals surface area (Å²) < 4.78 is 0. The van der Waals surface area contributed by atoms with Gasteiger partial charge in [-0.3, -0.25) is 0 Å². The Balaban J connectivity index is 0.00000264. The summed E-state index contributed by atoms with van der Waals surface area (Å²) in [6.45, 7) is 5.98. The third-order valence-electron chi connectivity index (χ3n) is 3.55. The zero-order valence-corrected chi connectivity index (χ0v) is 15.9. The van der Waals surface area contributed by atoms with Crippen LogP contribution >= 0.6 is 35.8 Å². The van der Waals surface area contributed by atoms with Gasteiger partial charge in [0.15, 0.2) is 0 Å². The van der Waals surface area contributed by atoms with Gasteiger partial charge in [-0.2, -0.15) is 0 Å². The minimum absolute atomic E-state index is 0. The molecule has 0 aliphatic rings. The second-order valence-electron chi connectivity index (χ2n) is 6.43. The molecule has 5 heteroatoms. The maximum Gasteiger partial charge on any atom is 0.0781 e. The number of hydrogen-bond donors (Lipinski definition) is 2. The summed E-state index contributed by atoms with van der Waals surface area (Å²) in [5, 5.41) is 11.2. The lowest BCUT2D eigenvalue weighted by molar-refractivity contribution is 0.0394. The lowest BCUT2D eigenvalue weighted by atomic mass is 9.82. The van der Waals surface area contributed by atoms with Crippen molar-refractivity contribution in [1.82, 2.24) is 0 Å². The summed E-state index contributed by atoms with van der Waals surface area (Å²) in [4.78, 5) is 2.15. The number of aliphatic hydroxyl groups is 1. The second kappa shape index (κ2) is 8.41. The Morgan fingerprint density at radius 2 is 1.61 bits per heavy atom. The van der Waals surface area contributed by atoms with Gasteiger partial charge in [0.1, 0.15) is 0 Å². The Morgan fingerprint density at radius 1 is 1.04 bits per heavy atom. The van der Waals surface area contributed by atoms with Crippen LogP contribution in [0.1, 0.15) is 32.4 Å². The maximum absolute atomic E-state index is 10.5. The maximum atomic E-state index is 10.5. The SMILES string of the molecule is CC(C)(C)[C@H](O)[C@H](N)c1ccccc1Sc1ccc(Cl)cc1.Cl. The van der Waals surface area contributed by atoms with Crippen molar-refractivity contribution in [2.45, 2.75) is 42.7 Å². The summed E-state index contributed by atoms with van der Waals surface area (Å²) >= 11 is 7.56. The summed E-state index contributed by atoms with van der Waals surface area (Å²) in [5.74, 6) is 0. The molecular formula is C18H23Cl2NOS. The molecule has 0 saturated carbocycles. The number of rotatable bonds is 4. The Morgan fingerprint density at radius 3 is 2.17 bits per heavy atom. The van der Waals surface area contributed by atoms with E-state index in [4.69, 9.17) is 17.3 Å². The molecule has 0 radical (unpaired) electrons. The predicted molar refractivity (Wildman–Crippen MR) is 102 cm³/mol. The van der Waals surface area contributed by atoms with Crippen molar-refractivity contribution in [3.8, 4) is 0 Å². The van der Waals surface area contributed by atoms with Gasteiger partial charge in [-0.1, -0.05) is 62.3 Å². The number of hydrogen-bond acceptors (Lipinski definition) is 3. The van der Waals surface area contributed by atoms with Gasteiger partial charge in [0.25, 0.3) is 0 Å². The van der Waals surface area contributed by atoms with Crippen LogP contribution < -0.4 is 5.73 Å². The van der Waals surface area contributed by atoms with Crippen LogP contribution in [0.15, 0.2) is 58.3 Å². The van der Waals surface area contributed by atoms with Crippen LogP contribution in [0, 0.1) is 5.41 Å². The first-order valence-electron chi connectivity index (χ1n) is 7.25. The molecule has 2 aromatic carbocycles. The highest BCUT2D eigenvalue weighted by atomic mass is 35.5. The molecule has 2 aromatic rings. The standard InChI is InChI=1S/C18H22ClNOS.ClH/c1-18(2,3)17(21)16(20)14-6-4-5-7-15(14)22-13-10-8-12(19)9-11-13;/h4-11,16-17,21H,20H2,1-3H3;1H/t16-,17-;/m1./s1. The fourth-order valence-electron chi connectivity index (χ4n) is 2.19. The molecule has 0 fully saturated rings. The highest BCUT2D eigenvalue weighted by Gasteiger charge is 2.30. The molecule has 0 aromatic heterocycles. The number of benzene rings is 2. The molecule has 0 heterocycles. The van der Waals surface area contributed by atoms with E-state index in [1.165, 1.54) is 0 Å². The lowest BCUT2D eigenvalue weighted by Gasteiger charge is -2.31. The molecule has 0 saturated heterocycles. The third-order valence-corrected chi connectivity index (χ3v) is 4.90. The first-order chi connectivity index (χ1) is 10.3. The van der Waals surface area contributed by atoms with Crippen molar-refractivity contribution in [3.05, 3.63) is 59.1 Å². The highest BCUT2D eigenvalue weighted by molar-refractivity contribution is 7.99. The van der Waals surface area contributed by atoms with Gasteiger partial charge in [-0.15, -0.1) is 12.4 Å². The normalized spacial score (nSPS) is 14.0. The van der Waals surface area contributed by atoms with Crippen LogP contribution in [-0.2, 0) is 0 Å². The monoisotopic (exact) mass is 371 g/mol. The van der Waals surface area contributed by atoms with Crippen LogP contribution in [0.5, 0.6) is 0 Å². The lowest BCUT2D eigenvalue weighted by Crippen LogP contribution is -2.37. The van der Waals surface area contributed by atoms with E-state index >= 15 is 0 Å². The Labute approximate surface area is 153 Å². The zero-order valence-electron chi connectivity index (χ0n) is 13.5. The Kier molecular flexibility index (Phi) is 7.43. The Bertz CT molecular complexity index is 626. The van der Waals surface area contributed by atoms with Crippen LogP contribution in [0.25, 0.3) is 0 Å². The first kappa shape index (κ1) is 20.3. The minimum atomic E-state index is -0.612. The number of halogens is 2. The van der Waals surface area contributed by atoms with E-state index in [9.17, 15) is 5.11 Å². The van der Waals surface area contributed by atoms with Gasteiger partial charge in [-0.05, 0) is 41.3 Å². The first-order valence-corrected chi connectivity index (χ1v) is 8.44. The highest BCUT2D eigenvalue weighted by Crippen LogP contribution is 2.36. The van der Waals surface area contributed by atoms with E-state index < -0.39 is 12.1 Å². The van der Waals surface area contributed by atoms with Crippen LogP contribution in [-0.4, -0.2) is 11.2 Å². The van der Waals surface area contributed by atoms with Crippen molar-refractivity contribution < 1.29 is 5.11 Å². The van der Waals surface area contributed by atoms with E-state index in [0.717, 1.165) is 20.4 Å². The van der Waals surface area contributed by atoms with Crippen molar-refractivity contribution in [2.75, 3.05) is 0 Å². The van der Waals surface area contributed by atoms with Crippen LogP contribution in [0.3, 0.4) is 0 Å². The van der Waals surface area contributed by atoms with E-state index in [1.54, 1.807) is 11.8 Å². The fourth-order valence-corrected chi connectivity index (χ4v) is 3.31. The third kappa shape index (κ3) is 5.40. The number of aliphatic hydroxyl groups excluding tert-OH is 1. The largest absolute Gasteiger partial charge is 0.391 e. The average molecular weight is 372 g/mol. The summed E-state index contributed by atoms with van der Waals surface area (Å²) in [6, 6.07) is 15.2. The average Bonchev–Trinajstić information content (AvgIpc) is 2.48. The second-order valence-corrected chi connectivity index (χ2v) is 7.98. The molecule has 3 N–H and O–H groups in total. The van der Waals surface area contributed by atoms with Crippen molar-refractivity contribution in [3.63, 3.8) is 0 Å². The molecule has 126 valence electrons. The van der Waals surface area contributed by atoms with Crippen molar-refractivity contribution >= 4 is 35.8 Å². The molecule has 0 aliphatic heterocycles. The van der Waals surface area contributed by atoms with Gasteiger partial charge in [0.05, 0.1) is 12.1 Å². The molecule has 2 nitrogen and oxygen atoms in total. The van der Waals surface area contributed by atoms with E-state index in [2.05, 4.69) is 0 Å². The van der Waals surface area contributed by atoms with Gasteiger partial charge in [-0.25, -0.2) is 0 Å². The van der Waals surface area contributed by atoms with E-state index in [-0.39, 0.29) is 17.8 Å². The minimum Gasteiger partial charge on any atom is -0.391 e. The van der Waals surface area contributed by atoms with E-state index in [0.29, 0.717) is 0 Å². The topological polar surface area (TPSA) is 46.2 Å². The molecule has 0 bridgehead atoms. The smallest absolute Gasteiger partial charge is 0.0781 e. The predicted octanol–water partition coefficient (Wildman–Crippen LogP) is 5.32. The van der Waals surface area contributed by atoms with Crippen molar-refractivity contribution in [1.29, 1.82) is 0 Å². The molecule has 2 rings (SSSR count). The molecule has 23 heavy (non-hydrogen) atoms. The molecule has 2 atom stereocenters. The van der Waals surface area contributed by atoms with Crippen LogP contribution in [0.4, 0.5) is 0 Å². The molecule has 0 aliphatic carbocycles. The van der Waals surface area contributed by atoms with Gasteiger partial charge in [0.2, 0.25) is 0 Å². The molecular weight excluding hydrogens is 349 g/mol. The number of nitrogens with two attached hydrogens (primary N) is 1. The van der Waals surface area contributed by atoms with Gasteiger partial charge >= 0.3 is 0 Å². The fraction of sp³-hybridized carbons (Fsp3) is 0.333. The zero-order chi connectivity index (χ0) is 16.3. The van der Waals surface area contributed by atoms with Crippen molar-refractivity contribution in [2.24, 2.45) is 11.1 Å². The van der Waals surface area contributed by atoms with Crippen LogP contribution in [0.2, 0.25) is 5.02 Å².